The minimum absolute atomic E-state index is 0.0308. The number of imide groups is 1. The van der Waals surface area contributed by atoms with E-state index in [4.69, 9.17) is 4.74 Å². The summed E-state index contributed by atoms with van der Waals surface area (Å²) in [6, 6.07) is 27.0. The summed E-state index contributed by atoms with van der Waals surface area (Å²) in [6.45, 7) is 5.42. The second-order valence-corrected chi connectivity index (χ2v) is 15.1. The van der Waals surface area contributed by atoms with E-state index in [0.29, 0.717) is 17.7 Å². The molecule has 8 heteroatoms. The van der Waals surface area contributed by atoms with Gasteiger partial charge in [-0.05, 0) is 61.9 Å². The maximum absolute atomic E-state index is 12.9. The second-order valence-electron chi connectivity index (χ2n) is 15.1. The number of piperidine rings is 1. The summed E-state index contributed by atoms with van der Waals surface area (Å²) in [6.07, 6.45) is 14.2. The largest absolute Gasteiger partial charge is 0.446 e. The van der Waals surface area contributed by atoms with Crippen molar-refractivity contribution in [1.29, 1.82) is 0 Å². The smallest absolute Gasteiger partial charge is 0.408 e. The van der Waals surface area contributed by atoms with Crippen LogP contribution in [0.4, 0.5) is 4.79 Å². The fourth-order valence-corrected chi connectivity index (χ4v) is 7.42. The van der Waals surface area contributed by atoms with Gasteiger partial charge in [-0.25, -0.2) is 4.79 Å². The molecule has 8 nitrogen and oxygen atoms in total. The number of carbonyl (C=O) groups is 3. The maximum atomic E-state index is 12.9. The molecule has 51 heavy (non-hydrogen) atoms. The normalized spacial score (nSPS) is 15.4. The van der Waals surface area contributed by atoms with Crippen molar-refractivity contribution in [3.8, 4) is 0 Å². The predicted octanol–water partition coefficient (Wildman–Crippen LogP) is 8.24. The minimum Gasteiger partial charge on any atom is -0.446 e. The molecule has 0 aliphatic carbocycles. The second kappa shape index (κ2) is 19.6. The Labute approximate surface area is 305 Å². The highest BCUT2D eigenvalue weighted by Gasteiger charge is 2.36. The summed E-state index contributed by atoms with van der Waals surface area (Å²) in [5.74, 6) is -0.309. The Morgan fingerprint density at radius 3 is 1.67 bits per heavy atom. The maximum Gasteiger partial charge on any atom is 0.408 e. The van der Waals surface area contributed by atoms with E-state index in [9.17, 15) is 14.4 Å². The summed E-state index contributed by atoms with van der Waals surface area (Å²) < 4.78 is 6.70. The molecular formula is C43H59N4O4+. The van der Waals surface area contributed by atoms with Gasteiger partial charge in [-0.1, -0.05) is 118 Å². The highest BCUT2D eigenvalue weighted by molar-refractivity contribution is 6.21. The van der Waals surface area contributed by atoms with Gasteiger partial charge < -0.3 is 19.4 Å². The van der Waals surface area contributed by atoms with Crippen molar-refractivity contribution in [2.24, 2.45) is 0 Å². The summed E-state index contributed by atoms with van der Waals surface area (Å²) in [5, 5.41) is 3.11. The average molecular weight is 696 g/mol. The van der Waals surface area contributed by atoms with Gasteiger partial charge in [0, 0.05) is 13.1 Å². The van der Waals surface area contributed by atoms with E-state index in [2.05, 4.69) is 24.3 Å². The number of benzene rings is 3. The number of carbonyl (C=O) groups excluding carboxylic acids is 3. The molecule has 0 saturated carbocycles. The number of alkyl carbamates (subject to hydrolysis) is 1. The van der Waals surface area contributed by atoms with E-state index in [1.54, 1.807) is 12.1 Å². The van der Waals surface area contributed by atoms with Crippen molar-refractivity contribution >= 4 is 17.9 Å². The molecule has 0 radical (unpaired) electrons. The fraction of sp³-hybridized carbons (Fsp3) is 0.512. The lowest BCUT2D eigenvalue weighted by atomic mass is 9.99. The molecule has 2 heterocycles. The third-order valence-electron chi connectivity index (χ3n) is 10.6. The molecule has 3 aromatic carbocycles. The topological polar surface area (TPSA) is 79.0 Å². The number of ether oxygens (including phenoxy) is 1. The van der Waals surface area contributed by atoms with Crippen molar-refractivity contribution in [2.75, 3.05) is 53.4 Å². The Morgan fingerprint density at radius 2 is 1.14 bits per heavy atom. The zero-order valence-electron chi connectivity index (χ0n) is 30.9. The van der Waals surface area contributed by atoms with Gasteiger partial charge in [-0.2, -0.15) is 0 Å². The van der Waals surface area contributed by atoms with Crippen LogP contribution in [0.25, 0.3) is 0 Å². The fourth-order valence-electron chi connectivity index (χ4n) is 7.42. The summed E-state index contributed by atoms with van der Waals surface area (Å²) in [7, 11) is 4.40. The van der Waals surface area contributed by atoms with Gasteiger partial charge >= 0.3 is 6.09 Å². The molecule has 0 atom stereocenters. The molecular weight excluding hydrogens is 636 g/mol. The van der Waals surface area contributed by atoms with Crippen LogP contribution in [0.2, 0.25) is 0 Å². The molecule has 3 aromatic rings. The Morgan fingerprint density at radius 1 is 0.667 bits per heavy atom. The summed E-state index contributed by atoms with van der Waals surface area (Å²) >= 11 is 0. The van der Waals surface area contributed by atoms with E-state index in [1.165, 1.54) is 69.1 Å². The Kier molecular flexibility index (Phi) is 14.7. The molecule has 1 N–H and O–H groups in total. The van der Waals surface area contributed by atoms with Crippen LogP contribution in [-0.2, 0) is 4.74 Å². The van der Waals surface area contributed by atoms with Crippen LogP contribution in [0.3, 0.4) is 0 Å². The number of nitrogens with zero attached hydrogens (tertiary/aromatic N) is 3. The van der Waals surface area contributed by atoms with E-state index < -0.39 is 0 Å². The van der Waals surface area contributed by atoms with Gasteiger partial charge in [0.1, 0.15) is 6.10 Å². The number of likely N-dealkylation sites (N-methyl/N-ethyl adjacent to an activating group) is 1. The van der Waals surface area contributed by atoms with E-state index in [0.717, 1.165) is 61.2 Å². The molecule has 1 fully saturated rings. The number of hydrogen-bond donors (Lipinski definition) is 1. The molecule has 0 bridgehead atoms. The predicted molar refractivity (Wildman–Crippen MR) is 204 cm³/mol. The van der Waals surface area contributed by atoms with Crippen LogP contribution in [0.15, 0.2) is 84.9 Å². The van der Waals surface area contributed by atoms with Crippen molar-refractivity contribution in [3.63, 3.8) is 0 Å². The molecule has 5 rings (SSSR count). The molecule has 1 saturated heterocycles. The van der Waals surface area contributed by atoms with Gasteiger partial charge in [0.2, 0.25) is 0 Å². The Bertz CT molecular complexity index is 1450. The molecule has 0 spiro atoms. The highest BCUT2D eigenvalue weighted by Crippen LogP contribution is 2.24. The lowest BCUT2D eigenvalue weighted by Crippen LogP contribution is -2.47. The van der Waals surface area contributed by atoms with Gasteiger partial charge in [-0.3, -0.25) is 14.5 Å². The number of likely N-dealkylation sites (tertiary alicyclic amines) is 1. The van der Waals surface area contributed by atoms with Crippen LogP contribution in [0.1, 0.15) is 115 Å². The molecule has 274 valence electrons. The first-order chi connectivity index (χ1) is 24.8. The van der Waals surface area contributed by atoms with Crippen LogP contribution in [-0.4, -0.2) is 91.7 Å². The van der Waals surface area contributed by atoms with E-state index in [1.807, 2.05) is 72.8 Å². The lowest BCUT2D eigenvalue weighted by molar-refractivity contribution is -0.889. The molecule has 0 aromatic heterocycles. The first kappa shape index (κ1) is 38.2. The average Bonchev–Trinajstić information content (AvgIpc) is 3.39. The SMILES string of the molecule is C[N+](C)(CCCCCCCCCCCCN1CCC(OC(=O)NC(c2ccccc2)c2ccccc2)CC1)CCN1C(=O)c2ccccc2C1=O. The van der Waals surface area contributed by atoms with Crippen LogP contribution < -0.4 is 5.32 Å². The Hall–Kier alpha value is -4.01. The van der Waals surface area contributed by atoms with Gasteiger partial charge in [0.25, 0.3) is 11.8 Å². The molecule has 2 aliphatic heterocycles. The minimum atomic E-state index is -0.343. The molecule has 3 amide bonds. The summed E-state index contributed by atoms with van der Waals surface area (Å²) in [4.78, 5) is 42.2. The van der Waals surface area contributed by atoms with Gasteiger partial charge in [0.05, 0.1) is 50.9 Å². The lowest BCUT2D eigenvalue weighted by Gasteiger charge is -2.32. The van der Waals surface area contributed by atoms with Gasteiger partial charge in [-0.15, -0.1) is 0 Å². The monoisotopic (exact) mass is 695 g/mol. The Balaban J connectivity index is 0.840. The van der Waals surface area contributed by atoms with Crippen molar-refractivity contribution in [3.05, 3.63) is 107 Å². The van der Waals surface area contributed by atoms with E-state index in [-0.39, 0.29) is 30.1 Å². The van der Waals surface area contributed by atoms with Crippen molar-refractivity contribution in [2.45, 2.75) is 89.2 Å². The first-order valence-corrected chi connectivity index (χ1v) is 19.4. The third kappa shape index (κ3) is 11.8. The molecule has 2 aliphatic rings. The number of amides is 3. The zero-order chi connectivity index (χ0) is 35.9. The standard InChI is InChI=1S/C43H58N4O4/c1-47(2,34-32-46-41(48)38-25-17-18-26-39(38)42(46)49)33-20-10-8-6-4-3-5-7-9-19-29-45-30-27-37(28-31-45)51-43(50)44-40(35-21-13-11-14-22-35)36-23-15-12-16-24-36/h11-18,21-26,37,40H,3-10,19-20,27-34H2,1-2H3/p+1. The van der Waals surface area contributed by atoms with Crippen molar-refractivity contribution < 1.29 is 23.6 Å². The molecule has 0 unspecified atom stereocenters. The number of hydrogen-bond acceptors (Lipinski definition) is 5. The van der Waals surface area contributed by atoms with Crippen molar-refractivity contribution in [1.82, 2.24) is 15.1 Å². The zero-order valence-corrected chi connectivity index (χ0v) is 30.9. The number of nitrogens with one attached hydrogen (secondary N) is 1. The highest BCUT2D eigenvalue weighted by atomic mass is 16.6. The number of rotatable bonds is 20. The number of unbranched alkanes of at least 4 members (excludes halogenated alkanes) is 9. The third-order valence-corrected chi connectivity index (χ3v) is 10.6. The van der Waals surface area contributed by atoms with Gasteiger partial charge in [0.15, 0.2) is 0 Å². The number of fused-ring (bicyclic) bond motifs is 1. The van der Waals surface area contributed by atoms with Crippen LogP contribution >= 0.6 is 0 Å². The summed E-state index contributed by atoms with van der Waals surface area (Å²) in [5.41, 5.74) is 3.15. The van der Waals surface area contributed by atoms with E-state index >= 15 is 0 Å². The van der Waals surface area contributed by atoms with Crippen LogP contribution in [0, 0.1) is 0 Å². The number of quaternary nitrogens is 1. The van der Waals surface area contributed by atoms with Crippen LogP contribution in [0.5, 0.6) is 0 Å². The first-order valence-electron chi connectivity index (χ1n) is 19.4. The quantitative estimate of drug-likeness (QED) is 0.0732.